The van der Waals surface area contributed by atoms with E-state index in [1.807, 2.05) is 0 Å². The van der Waals surface area contributed by atoms with Crippen LogP contribution in [0.3, 0.4) is 0 Å². The number of benzene rings is 1. The molecule has 1 aromatic rings. The molecule has 0 aliphatic heterocycles. The summed E-state index contributed by atoms with van der Waals surface area (Å²) >= 11 is 6.05. The Balaban J connectivity index is 1.48. The molecule has 5 nitrogen and oxygen atoms in total. The van der Waals surface area contributed by atoms with E-state index in [-0.39, 0.29) is 27.6 Å². The van der Waals surface area contributed by atoms with Crippen molar-refractivity contribution >= 4 is 23.2 Å². The smallest absolute Gasteiger partial charge is 0.288 e. The van der Waals surface area contributed by atoms with Crippen molar-refractivity contribution in [1.29, 1.82) is 0 Å². The second kappa shape index (κ2) is 5.73. The van der Waals surface area contributed by atoms with Gasteiger partial charge in [0.05, 0.1) is 10.5 Å². The molecule has 24 heavy (non-hydrogen) atoms. The second-order valence-corrected chi connectivity index (χ2v) is 8.37. The fraction of sp³-hybridized carbons (Fsp3) is 0.611. The molecule has 4 aliphatic carbocycles. The number of carbonyl (C=O) groups excluding carboxylic acids is 1. The summed E-state index contributed by atoms with van der Waals surface area (Å²) in [5, 5.41) is 13.9. The van der Waals surface area contributed by atoms with Crippen LogP contribution in [0.4, 0.5) is 5.69 Å². The molecule has 0 saturated heterocycles. The van der Waals surface area contributed by atoms with Crippen LogP contribution < -0.4 is 5.32 Å². The zero-order chi connectivity index (χ0) is 16.9. The zero-order valence-corrected chi connectivity index (χ0v) is 14.2. The molecule has 1 amide bonds. The number of rotatable bonds is 4. The molecule has 0 radical (unpaired) electrons. The lowest BCUT2D eigenvalue weighted by Crippen LogP contribution is -2.51. The molecule has 4 aliphatic rings. The summed E-state index contributed by atoms with van der Waals surface area (Å²) in [6, 6.07) is 4.37. The Kier molecular flexibility index (Phi) is 3.79. The number of nitro benzene ring substituents is 1. The van der Waals surface area contributed by atoms with Gasteiger partial charge in [-0.25, -0.2) is 0 Å². The van der Waals surface area contributed by atoms with Crippen LogP contribution in [0.15, 0.2) is 18.2 Å². The van der Waals surface area contributed by atoms with Crippen LogP contribution in [-0.4, -0.2) is 17.4 Å². The monoisotopic (exact) mass is 348 g/mol. The molecule has 0 atom stereocenters. The van der Waals surface area contributed by atoms with Crippen molar-refractivity contribution < 1.29 is 9.72 Å². The Bertz CT molecular complexity index is 668. The number of halogens is 1. The third-order valence-electron chi connectivity index (χ3n) is 6.21. The Morgan fingerprint density at radius 3 is 2.33 bits per heavy atom. The molecule has 0 spiro atoms. The molecule has 0 unspecified atom stereocenters. The van der Waals surface area contributed by atoms with Gasteiger partial charge in [-0.15, -0.1) is 0 Å². The molecular weight excluding hydrogens is 328 g/mol. The first-order valence-corrected chi connectivity index (χ1v) is 9.05. The highest BCUT2D eigenvalue weighted by molar-refractivity contribution is 6.35. The third-order valence-corrected chi connectivity index (χ3v) is 6.61. The van der Waals surface area contributed by atoms with E-state index in [0.29, 0.717) is 6.54 Å². The first-order chi connectivity index (χ1) is 11.5. The average Bonchev–Trinajstić information content (AvgIpc) is 2.51. The molecule has 1 N–H and O–H groups in total. The minimum Gasteiger partial charge on any atom is -0.351 e. The van der Waals surface area contributed by atoms with Crippen molar-refractivity contribution in [3.8, 4) is 0 Å². The standard InChI is InChI=1S/C18H21ClN2O3/c19-16-14(2-1-3-15(16)21(23)24)17(22)20-10-18-7-11-4-12(8-18)6-13(5-11)9-18/h1-3,11-13H,4-10H2,(H,20,22). The van der Waals surface area contributed by atoms with Crippen molar-refractivity contribution in [2.75, 3.05) is 6.54 Å². The Hall–Kier alpha value is -1.62. The minimum absolute atomic E-state index is 0.0782. The predicted molar refractivity (Wildman–Crippen MR) is 91.0 cm³/mol. The van der Waals surface area contributed by atoms with Crippen molar-refractivity contribution in [2.45, 2.75) is 38.5 Å². The summed E-state index contributed by atoms with van der Waals surface area (Å²) in [6.07, 6.45) is 7.73. The quantitative estimate of drug-likeness (QED) is 0.654. The molecule has 1 aromatic carbocycles. The Labute approximate surface area is 145 Å². The number of nitro groups is 1. The van der Waals surface area contributed by atoms with E-state index in [1.165, 1.54) is 50.7 Å². The van der Waals surface area contributed by atoms with E-state index in [1.54, 1.807) is 6.07 Å². The highest BCUT2D eigenvalue weighted by Gasteiger charge is 2.50. The van der Waals surface area contributed by atoms with Gasteiger partial charge >= 0.3 is 0 Å². The third kappa shape index (κ3) is 2.69. The molecule has 4 fully saturated rings. The number of carbonyl (C=O) groups is 1. The van der Waals surface area contributed by atoms with E-state index < -0.39 is 4.92 Å². The van der Waals surface area contributed by atoms with Crippen LogP contribution >= 0.6 is 11.6 Å². The van der Waals surface area contributed by atoms with Crippen LogP contribution in [0, 0.1) is 33.3 Å². The normalized spacial score (nSPS) is 33.5. The molecule has 0 aromatic heterocycles. The highest BCUT2D eigenvalue weighted by Crippen LogP contribution is 2.59. The van der Waals surface area contributed by atoms with Gasteiger partial charge in [-0.3, -0.25) is 14.9 Å². The molecule has 128 valence electrons. The summed E-state index contributed by atoms with van der Waals surface area (Å²) in [5.41, 5.74) is 0.201. The lowest BCUT2D eigenvalue weighted by molar-refractivity contribution is -0.384. The van der Waals surface area contributed by atoms with E-state index in [9.17, 15) is 14.9 Å². The summed E-state index contributed by atoms with van der Waals surface area (Å²) in [4.78, 5) is 22.9. The summed E-state index contributed by atoms with van der Waals surface area (Å²) in [6.45, 7) is 0.661. The van der Waals surface area contributed by atoms with Gasteiger partial charge in [0.1, 0.15) is 5.02 Å². The number of hydrogen-bond donors (Lipinski definition) is 1. The van der Waals surface area contributed by atoms with Gasteiger partial charge in [-0.05, 0) is 67.8 Å². The molecule has 4 saturated carbocycles. The molecule has 4 bridgehead atoms. The summed E-state index contributed by atoms with van der Waals surface area (Å²) in [5.74, 6) is 2.18. The van der Waals surface area contributed by atoms with Crippen LogP contribution in [0.25, 0.3) is 0 Å². The largest absolute Gasteiger partial charge is 0.351 e. The second-order valence-electron chi connectivity index (χ2n) is 8.00. The number of hydrogen-bond acceptors (Lipinski definition) is 3. The maximum absolute atomic E-state index is 12.5. The average molecular weight is 349 g/mol. The van der Waals surface area contributed by atoms with Gasteiger partial charge in [0.15, 0.2) is 0 Å². The van der Waals surface area contributed by atoms with Crippen molar-refractivity contribution in [1.82, 2.24) is 5.32 Å². The van der Waals surface area contributed by atoms with E-state index in [4.69, 9.17) is 11.6 Å². The van der Waals surface area contributed by atoms with Gasteiger partial charge in [0.25, 0.3) is 11.6 Å². The lowest BCUT2D eigenvalue weighted by Gasteiger charge is -2.56. The maximum atomic E-state index is 12.5. The Morgan fingerprint density at radius 1 is 1.21 bits per heavy atom. The molecule has 0 heterocycles. The van der Waals surface area contributed by atoms with Gasteiger partial charge in [0.2, 0.25) is 0 Å². The molecular formula is C18H21ClN2O3. The van der Waals surface area contributed by atoms with Gasteiger partial charge in [-0.1, -0.05) is 17.7 Å². The number of nitrogens with one attached hydrogen (secondary N) is 1. The van der Waals surface area contributed by atoms with Crippen LogP contribution in [-0.2, 0) is 0 Å². The van der Waals surface area contributed by atoms with Crippen molar-refractivity contribution in [3.05, 3.63) is 38.9 Å². The van der Waals surface area contributed by atoms with Crippen LogP contribution in [0.1, 0.15) is 48.9 Å². The van der Waals surface area contributed by atoms with Gasteiger partial charge in [0, 0.05) is 12.6 Å². The van der Waals surface area contributed by atoms with Crippen molar-refractivity contribution in [3.63, 3.8) is 0 Å². The predicted octanol–water partition coefficient (Wildman–Crippen LogP) is 4.19. The maximum Gasteiger partial charge on any atom is 0.288 e. The van der Waals surface area contributed by atoms with Crippen molar-refractivity contribution in [2.24, 2.45) is 23.2 Å². The highest BCUT2D eigenvalue weighted by atomic mass is 35.5. The van der Waals surface area contributed by atoms with Gasteiger partial charge < -0.3 is 5.32 Å². The van der Waals surface area contributed by atoms with Gasteiger partial charge in [-0.2, -0.15) is 0 Å². The zero-order valence-electron chi connectivity index (χ0n) is 13.5. The fourth-order valence-corrected chi connectivity index (χ4v) is 5.99. The first-order valence-electron chi connectivity index (χ1n) is 8.67. The summed E-state index contributed by atoms with van der Waals surface area (Å²) in [7, 11) is 0. The number of amides is 1. The molecule has 6 heteroatoms. The fourth-order valence-electron chi connectivity index (χ4n) is 5.71. The topological polar surface area (TPSA) is 72.2 Å². The summed E-state index contributed by atoms with van der Waals surface area (Å²) < 4.78 is 0. The first kappa shape index (κ1) is 15.9. The molecule has 5 rings (SSSR count). The van der Waals surface area contributed by atoms with E-state index in [0.717, 1.165) is 17.8 Å². The Morgan fingerprint density at radius 2 is 1.79 bits per heavy atom. The van der Waals surface area contributed by atoms with E-state index in [2.05, 4.69) is 5.32 Å². The van der Waals surface area contributed by atoms with Crippen LogP contribution in [0.2, 0.25) is 5.02 Å². The van der Waals surface area contributed by atoms with E-state index >= 15 is 0 Å². The van der Waals surface area contributed by atoms with Crippen LogP contribution in [0.5, 0.6) is 0 Å². The number of nitrogens with zero attached hydrogens (tertiary/aromatic N) is 1. The minimum atomic E-state index is -0.557. The lowest BCUT2D eigenvalue weighted by atomic mass is 9.49. The SMILES string of the molecule is O=C(NCC12CC3CC(CC(C3)C1)C2)c1cccc([N+](=O)[O-])c1Cl.